The Balaban J connectivity index is 2.09. The second kappa shape index (κ2) is 5.51. The molecule has 0 amide bonds. The third-order valence-electron chi connectivity index (χ3n) is 3.59. The lowest BCUT2D eigenvalue weighted by Crippen LogP contribution is -2.28. The lowest BCUT2D eigenvalue weighted by molar-refractivity contribution is 0.282. The van der Waals surface area contributed by atoms with Crippen LogP contribution in [-0.2, 0) is 12.2 Å². The number of rotatable bonds is 4. The van der Waals surface area contributed by atoms with Crippen molar-refractivity contribution in [2.45, 2.75) is 64.0 Å². The highest BCUT2D eigenvalue weighted by atomic mass is 32.2. The van der Waals surface area contributed by atoms with Crippen molar-refractivity contribution in [2.24, 2.45) is 11.1 Å². The van der Waals surface area contributed by atoms with E-state index in [4.69, 9.17) is 10.7 Å². The highest BCUT2D eigenvalue weighted by Gasteiger charge is 2.33. The zero-order valence-electron chi connectivity index (χ0n) is 11.8. The molecule has 2 atom stereocenters. The summed E-state index contributed by atoms with van der Waals surface area (Å²) in [4.78, 5) is 6.16. The van der Waals surface area contributed by atoms with Gasteiger partial charge in [0.25, 0.3) is 0 Å². The topological polar surface area (TPSA) is 38.9 Å². The molecule has 18 heavy (non-hydrogen) atoms. The molecule has 102 valence electrons. The first-order chi connectivity index (χ1) is 8.41. The van der Waals surface area contributed by atoms with Crippen LogP contribution in [0.3, 0.4) is 0 Å². The van der Waals surface area contributed by atoms with Crippen LogP contribution in [0.15, 0.2) is 0 Å². The number of thiazole rings is 1. The SMILES string of the molecule is CCC(C)SCc1nc2c(s1)C(N)CC(C)(C)C2. The molecular weight excluding hydrogens is 260 g/mol. The lowest BCUT2D eigenvalue weighted by Gasteiger charge is -2.32. The second-order valence-corrected chi connectivity index (χ2v) is 8.64. The van der Waals surface area contributed by atoms with Gasteiger partial charge in [0, 0.05) is 21.9 Å². The van der Waals surface area contributed by atoms with Crippen LogP contribution in [0.4, 0.5) is 0 Å². The van der Waals surface area contributed by atoms with E-state index in [0.29, 0.717) is 5.41 Å². The van der Waals surface area contributed by atoms with Gasteiger partial charge in [-0.2, -0.15) is 11.8 Å². The predicted octanol–water partition coefficient (Wildman–Crippen LogP) is 4.15. The number of aromatic nitrogens is 1. The molecule has 1 heterocycles. The first-order valence-corrected chi connectivity index (χ1v) is 8.63. The second-order valence-electron chi connectivity index (χ2n) is 6.10. The standard InChI is InChI=1S/C14H24N2S2/c1-5-9(2)17-8-12-16-11-7-14(3,4)6-10(15)13(11)18-12/h9-10H,5-8,15H2,1-4H3. The molecule has 1 aliphatic carbocycles. The number of fused-ring (bicyclic) bond motifs is 1. The zero-order chi connectivity index (χ0) is 13.3. The summed E-state index contributed by atoms with van der Waals surface area (Å²) in [7, 11) is 0. The van der Waals surface area contributed by atoms with Gasteiger partial charge in [-0.05, 0) is 24.7 Å². The fourth-order valence-corrected chi connectivity index (χ4v) is 4.48. The van der Waals surface area contributed by atoms with Crippen LogP contribution in [0.1, 0.15) is 62.2 Å². The zero-order valence-corrected chi connectivity index (χ0v) is 13.5. The molecule has 1 aromatic heterocycles. The highest BCUT2D eigenvalue weighted by Crippen LogP contribution is 2.42. The van der Waals surface area contributed by atoms with Gasteiger partial charge in [0.05, 0.1) is 5.69 Å². The van der Waals surface area contributed by atoms with Crippen LogP contribution in [-0.4, -0.2) is 10.2 Å². The molecule has 0 bridgehead atoms. The molecular formula is C14H24N2S2. The summed E-state index contributed by atoms with van der Waals surface area (Å²) < 4.78 is 0. The highest BCUT2D eigenvalue weighted by molar-refractivity contribution is 7.99. The molecule has 2 unspecified atom stereocenters. The van der Waals surface area contributed by atoms with Gasteiger partial charge in [0.15, 0.2) is 0 Å². The van der Waals surface area contributed by atoms with Crippen LogP contribution in [0.2, 0.25) is 0 Å². The molecule has 2 N–H and O–H groups in total. The average molecular weight is 284 g/mol. The predicted molar refractivity (Wildman–Crippen MR) is 82.2 cm³/mol. The van der Waals surface area contributed by atoms with Gasteiger partial charge in [-0.3, -0.25) is 0 Å². The van der Waals surface area contributed by atoms with Gasteiger partial charge in [-0.15, -0.1) is 11.3 Å². The smallest absolute Gasteiger partial charge is 0.103 e. The van der Waals surface area contributed by atoms with E-state index in [-0.39, 0.29) is 6.04 Å². The van der Waals surface area contributed by atoms with Crippen LogP contribution in [0.5, 0.6) is 0 Å². The average Bonchev–Trinajstić information content (AvgIpc) is 2.67. The van der Waals surface area contributed by atoms with Crippen molar-refractivity contribution in [3.05, 3.63) is 15.6 Å². The molecule has 0 radical (unpaired) electrons. The third kappa shape index (κ3) is 3.28. The molecule has 0 saturated heterocycles. The van der Waals surface area contributed by atoms with Gasteiger partial charge in [0.2, 0.25) is 0 Å². The van der Waals surface area contributed by atoms with E-state index in [1.807, 2.05) is 23.1 Å². The Morgan fingerprint density at radius 1 is 1.56 bits per heavy atom. The van der Waals surface area contributed by atoms with Gasteiger partial charge in [-0.25, -0.2) is 4.98 Å². The number of nitrogens with two attached hydrogens (primary N) is 1. The third-order valence-corrected chi connectivity index (χ3v) is 6.35. The quantitative estimate of drug-likeness (QED) is 0.903. The lowest BCUT2D eigenvalue weighted by atomic mass is 9.77. The van der Waals surface area contributed by atoms with Crippen molar-refractivity contribution in [3.8, 4) is 0 Å². The van der Waals surface area contributed by atoms with E-state index in [0.717, 1.165) is 23.8 Å². The van der Waals surface area contributed by atoms with Crippen molar-refractivity contribution in [3.63, 3.8) is 0 Å². The Morgan fingerprint density at radius 3 is 2.94 bits per heavy atom. The summed E-state index contributed by atoms with van der Waals surface area (Å²) in [5, 5.41) is 1.98. The molecule has 0 aromatic carbocycles. The van der Waals surface area contributed by atoms with Crippen molar-refractivity contribution in [2.75, 3.05) is 0 Å². The molecule has 0 saturated carbocycles. The Bertz CT molecular complexity index is 412. The first kappa shape index (κ1) is 14.4. The molecule has 2 rings (SSSR count). The van der Waals surface area contributed by atoms with Crippen molar-refractivity contribution in [1.82, 2.24) is 4.98 Å². The number of hydrogen-bond acceptors (Lipinski definition) is 4. The fraction of sp³-hybridized carbons (Fsp3) is 0.786. The largest absolute Gasteiger partial charge is 0.323 e. The molecule has 1 aliphatic rings. The molecule has 0 spiro atoms. The Labute approximate surface area is 119 Å². The molecule has 0 aliphatic heterocycles. The van der Waals surface area contributed by atoms with Crippen LogP contribution in [0, 0.1) is 5.41 Å². The maximum absolute atomic E-state index is 6.28. The van der Waals surface area contributed by atoms with E-state index in [9.17, 15) is 0 Å². The first-order valence-electron chi connectivity index (χ1n) is 6.77. The number of hydrogen-bond donors (Lipinski definition) is 1. The van der Waals surface area contributed by atoms with Crippen LogP contribution in [0.25, 0.3) is 0 Å². The maximum Gasteiger partial charge on any atom is 0.103 e. The Morgan fingerprint density at radius 2 is 2.28 bits per heavy atom. The summed E-state index contributed by atoms with van der Waals surface area (Å²) >= 11 is 3.84. The molecule has 0 fully saturated rings. The van der Waals surface area contributed by atoms with Gasteiger partial charge in [-0.1, -0.05) is 27.7 Å². The molecule has 1 aromatic rings. The van der Waals surface area contributed by atoms with E-state index in [2.05, 4.69) is 27.7 Å². The van der Waals surface area contributed by atoms with Crippen molar-refractivity contribution >= 4 is 23.1 Å². The molecule has 4 heteroatoms. The van der Waals surface area contributed by atoms with E-state index >= 15 is 0 Å². The van der Waals surface area contributed by atoms with E-state index in [1.165, 1.54) is 22.0 Å². The summed E-state index contributed by atoms with van der Waals surface area (Å²) in [6.45, 7) is 9.11. The molecule has 2 nitrogen and oxygen atoms in total. The minimum atomic E-state index is 0.198. The van der Waals surface area contributed by atoms with E-state index < -0.39 is 0 Å². The summed E-state index contributed by atoms with van der Waals surface area (Å²) in [5.41, 5.74) is 7.86. The summed E-state index contributed by atoms with van der Waals surface area (Å²) in [6, 6.07) is 0.198. The van der Waals surface area contributed by atoms with Gasteiger partial charge >= 0.3 is 0 Å². The number of nitrogens with zero attached hydrogens (tertiary/aromatic N) is 1. The summed E-state index contributed by atoms with van der Waals surface area (Å²) in [5.74, 6) is 1.04. The van der Waals surface area contributed by atoms with Crippen LogP contribution < -0.4 is 5.73 Å². The van der Waals surface area contributed by atoms with Crippen molar-refractivity contribution in [1.29, 1.82) is 0 Å². The Hall–Kier alpha value is -0.0600. The summed E-state index contributed by atoms with van der Waals surface area (Å²) in [6.07, 6.45) is 3.39. The van der Waals surface area contributed by atoms with Gasteiger partial charge < -0.3 is 5.73 Å². The fourth-order valence-electron chi connectivity index (χ4n) is 2.44. The van der Waals surface area contributed by atoms with Crippen LogP contribution >= 0.6 is 23.1 Å². The number of thioether (sulfide) groups is 1. The minimum absolute atomic E-state index is 0.198. The monoisotopic (exact) mass is 284 g/mol. The van der Waals surface area contributed by atoms with E-state index in [1.54, 1.807) is 0 Å². The Kier molecular flexibility index (Phi) is 4.40. The van der Waals surface area contributed by atoms with Gasteiger partial charge in [0.1, 0.15) is 5.01 Å². The minimum Gasteiger partial charge on any atom is -0.323 e. The maximum atomic E-state index is 6.28. The van der Waals surface area contributed by atoms with Crippen molar-refractivity contribution < 1.29 is 0 Å². The normalized spacial score (nSPS) is 23.7.